The quantitative estimate of drug-likeness (QED) is 0.697. The van der Waals surface area contributed by atoms with Gasteiger partial charge in [0.05, 0.1) is 19.2 Å². The van der Waals surface area contributed by atoms with E-state index in [1.54, 1.807) is 19.2 Å². The van der Waals surface area contributed by atoms with Gasteiger partial charge in [0.25, 0.3) is 0 Å². The lowest BCUT2D eigenvalue weighted by molar-refractivity contribution is -0.115. The normalized spacial score (nSPS) is 10.4. The number of benzene rings is 2. The first-order chi connectivity index (χ1) is 11.7. The molecule has 0 atom stereocenters. The Balaban J connectivity index is 1.69. The van der Waals surface area contributed by atoms with Crippen LogP contribution in [0.4, 0.5) is 10.8 Å². The number of anilines is 2. The average molecular weight is 339 g/mol. The van der Waals surface area contributed by atoms with Crippen molar-refractivity contribution in [2.24, 2.45) is 0 Å². The molecule has 1 heterocycles. The van der Waals surface area contributed by atoms with Gasteiger partial charge in [-0.1, -0.05) is 24.3 Å². The summed E-state index contributed by atoms with van der Waals surface area (Å²) in [6.45, 7) is 0. The summed E-state index contributed by atoms with van der Waals surface area (Å²) in [5, 5.41) is 5.29. The third-order valence-corrected chi connectivity index (χ3v) is 4.24. The second-order valence-electron chi connectivity index (χ2n) is 5.20. The van der Waals surface area contributed by atoms with E-state index in [2.05, 4.69) is 10.3 Å². The molecule has 0 aliphatic heterocycles. The number of nitrogens with one attached hydrogen (secondary N) is 1. The molecule has 0 bridgehead atoms. The molecule has 24 heavy (non-hydrogen) atoms. The van der Waals surface area contributed by atoms with Crippen LogP contribution in [0.1, 0.15) is 5.56 Å². The van der Waals surface area contributed by atoms with E-state index in [-0.39, 0.29) is 12.3 Å². The summed E-state index contributed by atoms with van der Waals surface area (Å²) in [5.74, 6) is 0.642. The Kier molecular flexibility index (Phi) is 4.77. The zero-order valence-corrected chi connectivity index (χ0v) is 14.0. The highest BCUT2D eigenvalue weighted by atomic mass is 32.1. The minimum absolute atomic E-state index is 0.110. The van der Waals surface area contributed by atoms with Crippen molar-refractivity contribution in [3.05, 3.63) is 59.5 Å². The Bertz CT molecular complexity index is 843. The molecule has 6 heteroatoms. The van der Waals surface area contributed by atoms with Crippen LogP contribution in [0.3, 0.4) is 0 Å². The maximum atomic E-state index is 12.1. The van der Waals surface area contributed by atoms with E-state index in [0.717, 1.165) is 22.6 Å². The predicted octanol–water partition coefficient (Wildman–Crippen LogP) is 3.58. The van der Waals surface area contributed by atoms with E-state index in [1.165, 1.54) is 11.3 Å². The SMILES string of the molecule is COc1ccccc1-c1csc(NC(=O)Cc2ccc(N)cc2)n1. The van der Waals surface area contributed by atoms with Gasteiger partial charge in [-0.25, -0.2) is 4.98 Å². The highest BCUT2D eigenvalue weighted by Crippen LogP contribution is 2.31. The Morgan fingerprint density at radius 2 is 1.96 bits per heavy atom. The first-order valence-corrected chi connectivity index (χ1v) is 8.27. The topological polar surface area (TPSA) is 77.2 Å². The predicted molar refractivity (Wildman–Crippen MR) is 97.3 cm³/mol. The van der Waals surface area contributed by atoms with Gasteiger partial charge < -0.3 is 15.8 Å². The van der Waals surface area contributed by atoms with Crippen LogP contribution in [0.25, 0.3) is 11.3 Å². The van der Waals surface area contributed by atoms with Gasteiger partial charge in [-0.3, -0.25) is 4.79 Å². The fourth-order valence-corrected chi connectivity index (χ4v) is 3.02. The number of thiazole rings is 1. The number of amides is 1. The Morgan fingerprint density at radius 3 is 2.71 bits per heavy atom. The van der Waals surface area contributed by atoms with Crippen molar-refractivity contribution in [3.8, 4) is 17.0 Å². The molecule has 2 aromatic carbocycles. The zero-order chi connectivity index (χ0) is 16.9. The number of nitrogens with two attached hydrogens (primary N) is 1. The largest absolute Gasteiger partial charge is 0.496 e. The van der Waals surface area contributed by atoms with Gasteiger partial charge in [0.1, 0.15) is 5.75 Å². The van der Waals surface area contributed by atoms with Crippen molar-refractivity contribution >= 4 is 28.1 Å². The molecule has 1 aromatic heterocycles. The molecular weight excluding hydrogens is 322 g/mol. The van der Waals surface area contributed by atoms with Gasteiger partial charge in [-0.15, -0.1) is 11.3 Å². The van der Waals surface area contributed by atoms with Crippen LogP contribution >= 0.6 is 11.3 Å². The van der Waals surface area contributed by atoms with Crippen LogP contribution < -0.4 is 15.8 Å². The first-order valence-electron chi connectivity index (χ1n) is 7.39. The third-order valence-electron chi connectivity index (χ3n) is 3.48. The van der Waals surface area contributed by atoms with E-state index in [1.807, 2.05) is 41.8 Å². The van der Waals surface area contributed by atoms with Crippen molar-refractivity contribution in [3.63, 3.8) is 0 Å². The van der Waals surface area contributed by atoms with Crippen molar-refractivity contribution in [1.82, 2.24) is 4.98 Å². The Morgan fingerprint density at radius 1 is 1.21 bits per heavy atom. The van der Waals surface area contributed by atoms with Crippen molar-refractivity contribution in [2.45, 2.75) is 6.42 Å². The summed E-state index contributed by atoms with van der Waals surface area (Å²) in [5.41, 5.74) is 8.91. The molecule has 0 radical (unpaired) electrons. The summed E-state index contributed by atoms with van der Waals surface area (Å²) in [7, 11) is 1.63. The molecular formula is C18H17N3O2S. The molecule has 0 unspecified atom stereocenters. The molecule has 0 aliphatic carbocycles. The van der Waals surface area contributed by atoms with Crippen LogP contribution in [0.5, 0.6) is 5.75 Å². The van der Waals surface area contributed by atoms with Crippen molar-refractivity contribution in [1.29, 1.82) is 0 Å². The molecule has 122 valence electrons. The lowest BCUT2D eigenvalue weighted by atomic mass is 10.1. The highest BCUT2D eigenvalue weighted by Gasteiger charge is 2.11. The number of hydrogen-bond donors (Lipinski definition) is 2. The van der Waals surface area contributed by atoms with Crippen LogP contribution in [-0.4, -0.2) is 18.0 Å². The smallest absolute Gasteiger partial charge is 0.230 e. The molecule has 3 rings (SSSR count). The lowest BCUT2D eigenvalue weighted by Crippen LogP contribution is -2.14. The van der Waals surface area contributed by atoms with E-state index in [9.17, 15) is 4.79 Å². The number of rotatable bonds is 5. The Labute approximate surface area is 144 Å². The molecule has 3 N–H and O–H groups in total. The maximum absolute atomic E-state index is 12.1. The highest BCUT2D eigenvalue weighted by molar-refractivity contribution is 7.14. The number of hydrogen-bond acceptors (Lipinski definition) is 5. The van der Waals surface area contributed by atoms with Gasteiger partial charge in [0, 0.05) is 16.6 Å². The summed E-state index contributed by atoms with van der Waals surface area (Å²) in [4.78, 5) is 16.6. The molecule has 1 amide bonds. The molecule has 5 nitrogen and oxygen atoms in total. The lowest BCUT2D eigenvalue weighted by Gasteiger charge is -2.05. The van der Waals surface area contributed by atoms with Crippen LogP contribution in [-0.2, 0) is 11.2 Å². The number of aromatic nitrogens is 1. The molecule has 3 aromatic rings. The average Bonchev–Trinajstić information content (AvgIpc) is 3.05. The minimum Gasteiger partial charge on any atom is -0.496 e. The van der Waals surface area contributed by atoms with Gasteiger partial charge in [-0.2, -0.15) is 0 Å². The molecule has 0 spiro atoms. The van der Waals surface area contributed by atoms with E-state index in [0.29, 0.717) is 10.8 Å². The number of methoxy groups -OCH3 is 1. The number of para-hydroxylation sites is 1. The van der Waals surface area contributed by atoms with E-state index < -0.39 is 0 Å². The maximum Gasteiger partial charge on any atom is 0.230 e. The van der Waals surface area contributed by atoms with Gasteiger partial charge >= 0.3 is 0 Å². The number of nitrogens with zero attached hydrogens (tertiary/aromatic N) is 1. The number of carbonyl (C=O) groups excluding carboxylic acids is 1. The van der Waals surface area contributed by atoms with Crippen LogP contribution in [0.2, 0.25) is 0 Å². The summed E-state index contributed by atoms with van der Waals surface area (Å²) in [6.07, 6.45) is 0.282. The van der Waals surface area contributed by atoms with E-state index >= 15 is 0 Å². The first kappa shape index (κ1) is 16.0. The Hall–Kier alpha value is -2.86. The molecule has 0 fully saturated rings. The van der Waals surface area contributed by atoms with Crippen molar-refractivity contribution in [2.75, 3.05) is 18.2 Å². The van der Waals surface area contributed by atoms with Gasteiger partial charge in [-0.05, 0) is 29.8 Å². The fourth-order valence-electron chi connectivity index (χ4n) is 2.30. The minimum atomic E-state index is -0.110. The third kappa shape index (κ3) is 3.72. The summed E-state index contributed by atoms with van der Waals surface area (Å²) in [6, 6.07) is 14.9. The fraction of sp³-hybridized carbons (Fsp3) is 0.111. The molecule has 0 saturated carbocycles. The van der Waals surface area contributed by atoms with Crippen molar-refractivity contribution < 1.29 is 9.53 Å². The van der Waals surface area contributed by atoms with Crippen LogP contribution in [0, 0.1) is 0 Å². The van der Waals surface area contributed by atoms with Gasteiger partial charge in [0.2, 0.25) is 5.91 Å². The molecule has 0 aliphatic rings. The number of carbonyl (C=O) groups is 1. The monoisotopic (exact) mass is 339 g/mol. The summed E-state index contributed by atoms with van der Waals surface area (Å²) < 4.78 is 5.35. The standard InChI is InChI=1S/C18H17N3O2S/c1-23-16-5-3-2-4-14(16)15-11-24-18(20-15)21-17(22)10-12-6-8-13(19)9-7-12/h2-9,11H,10,19H2,1H3,(H,20,21,22). The van der Waals surface area contributed by atoms with Gasteiger partial charge in [0.15, 0.2) is 5.13 Å². The zero-order valence-electron chi connectivity index (χ0n) is 13.2. The second-order valence-corrected chi connectivity index (χ2v) is 6.06. The number of nitrogen functional groups attached to an aromatic ring is 1. The van der Waals surface area contributed by atoms with Crippen LogP contribution in [0.15, 0.2) is 53.9 Å². The second kappa shape index (κ2) is 7.14. The molecule has 0 saturated heterocycles. The number of ether oxygens (including phenoxy) is 1. The summed E-state index contributed by atoms with van der Waals surface area (Å²) >= 11 is 1.39. The van der Waals surface area contributed by atoms with E-state index in [4.69, 9.17) is 10.5 Å².